The fraction of sp³-hybridized carbons (Fsp3) is 0.700. The molecule has 0 saturated carbocycles. The largest absolute Gasteiger partial charge is 0.428 e. The van der Waals surface area contributed by atoms with E-state index in [0.717, 1.165) is 13.0 Å². The van der Waals surface area contributed by atoms with Crippen LogP contribution in [-0.4, -0.2) is 19.8 Å². The van der Waals surface area contributed by atoms with E-state index in [1.165, 1.54) is 19.3 Å². The number of hydrogen-bond donors (Lipinski definition) is 0. The van der Waals surface area contributed by atoms with Gasteiger partial charge in [-0.1, -0.05) is 59.1 Å². The van der Waals surface area contributed by atoms with Crippen molar-refractivity contribution in [2.45, 2.75) is 53.4 Å². The van der Waals surface area contributed by atoms with Crippen molar-refractivity contribution in [1.29, 1.82) is 0 Å². The summed E-state index contributed by atoms with van der Waals surface area (Å²) in [6, 6.07) is 7.38. The Morgan fingerprint density at radius 1 is 1.00 bits per heavy atom. The topological polar surface area (TPSA) is 67.1 Å². The van der Waals surface area contributed by atoms with Gasteiger partial charge >= 0.3 is 8.24 Å². The highest BCUT2D eigenvalue weighted by molar-refractivity contribution is 7.31. The van der Waals surface area contributed by atoms with E-state index in [4.69, 9.17) is 26.7 Å². The zero-order valence-corrected chi connectivity index (χ0v) is 19.3. The third-order valence-corrected chi connectivity index (χ3v) is 6.42. The Hall–Kier alpha value is -0.770. The lowest BCUT2D eigenvalue weighted by Gasteiger charge is -2.19. The molecule has 6 nitrogen and oxygen atoms in total. The van der Waals surface area contributed by atoms with Crippen LogP contribution in [0.5, 0.6) is 0 Å². The van der Waals surface area contributed by atoms with Gasteiger partial charge in [0.1, 0.15) is 0 Å². The van der Waals surface area contributed by atoms with E-state index in [1.807, 2.05) is 18.2 Å². The molecule has 5 atom stereocenters. The first-order valence-corrected chi connectivity index (χ1v) is 12.1. The van der Waals surface area contributed by atoms with Crippen molar-refractivity contribution in [1.82, 2.24) is 0 Å². The fourth-order valence-corrected chi connectivity index (χ4v) is 4.23. The van der Waals surface area contributed by atoms with E-state index in [9.17, 15) is 0 Å². The minimum Gasteiger partial charge on any atom is -0.393 e. The van der Waals surface area contributed by atoms with Gasteiger partial charge in [-0.2, -0.15) is 0 Å². The van der Waals surface area contributed by atoms with Gasteiger partial charge in [-0.05, 0) is 36.3 Å². The summed E-state index contributed by atoms with van der Waals surface area (Å²) in [4.78, 5) is 0. The van der Waals surface area contributed by atoms with Gasteiger partial charge in [0.25, 0.3) is 0 Å². The number of rotatable bonds is 14. The van der Waals surface area contributed by atoms with Gasteiger partial charge in [0.15, 0.2) is 14.6 Å². The standard InChI is InChI=1S/C20H34O6P2/c1-5-7-10-18(6-2)15-22-27-21-13-16(3)17(4)14-23-28-25-20-12-9-8-11-19(20)24-26-28/h8-9,11-12,16-18,27H,5-7,10,13-15H2,1-4H3. The van der Waals surface area contributed by atoms with Crippen LogP contribution >= 0.6 is 17.3 Å². The van der Waals surface area contributed by atoms with E-state index < -0.39 is 8.24 Å². The zero-order valence-electron chi connectivity index (χ0n) is 17.4. The molecule has 0 N–H and O–H groups in total. The molecule has 8 heteroatoms. The lowest BCUT2D eigenvalue weighted by atomic mass is 9.98. The lowest BCUT2D eigenvalue weighted by Crippen LogP contribution is -2.19. The van der Waals surface area contributed by atoms with E-state index >= 15 is 0 Å². The predicted molar refractivity (Wildman–Crippen MR) is 114 cm³/mol. The van der Waals surface area contributed by atoms with Gasteiger partial charge in [0.05, 0.1) is 19.8 Å². The summed E-state index contributed by atoms with van der Waals surface area (Å²) in [6.45, 7) is 10.7. The first-order chi connectivity index (χ1) is 13.6. The lowest BCUT2D eigenvalue weighted by molar-refractivity contribution is 0.0890. The van der Waals surface area contributed by atoms with Crippen LogP contribution in [0.1, 0.15) is 53.4 Å². The van der Waals surface area contributed by atoms with Crippen molar-refractivity contribution in [3.05, 3.63) is 24.3 Å². The van der Waals surface area contributed by atoms with Crippen LogP contribution < -0.4 is 4.52 Å². The first-order valence-electron chi connectivity index (χ1n) is 10.2. The molecule has 1 heterocycles. The van der Waals surface area contributed by atoms with Gasteiger partial charge < -0.3 is 13.2 Å². The second-order valence-electron chi connectivity index (χ2n) is 7.29. The highest BCUT2D eigenvalue weighted by Gasteiger charge is 2.16. The van der Waals surface area contributed by atoms with Crippen molar-refractivity contribution in [3.8, 4) is 0 Å². The van der Waals surface area contributed by atoms with Crippen molar-refractivity contribution >= 4 is 28.4 Å². The molecule has 28 heavy (non-hydrogen) atoms. The summed E-state index contributed by atoms with van der Waals surface area (Å²) in [5, 5.41) is 0. The molecule has 0 radical (unpaired) electrons. The molecule has 0 aliphatic heterocycles. The van der Waals surface area contributed by atoms with E-state index in [1.54, 1.807) is 6.07 Å². The summed E-state index contributed by atoms with van der Waals surface area (Å²) in [5.41, 5.74) is 1.22. The molecule has 0 amide bonds. The molecule has 0 spiro atoms. The Bertz CT molecular complexity index is 687. The van der Waals surface area contributed by atoms with Gasteiger partial charge in [-0.25, -0.2) is 4.36 Å². The van der Waals surface area contributed by atoms with Crippen LogP contribution in [0, 0.1) is 17.8 Å². The minimum absolute atomic E-state index is 0.0989. The molecule has 0 aliphatic rings. The molecule has 2 rings (SSSR count). The number of benzene rings is 1. The average Bonchev–Trinajstić information content (AvgIpc) is 2.73. The first kappa shape index (κ1) is 23.5. The molecular weight excluding hydrogens is 398 g/mol. The molecule has 0 bridgehead atoms. The summed E-state index contributed by atoms with van der Waals surface area (Å²) in [7, 11) is -1.44. The van der Waals surface area contributed by atoms with Gasteiger partial charge in [-0.3, -0.25) is 9.10 Å². The SMILES string of the molecule is CCCCC(CC)COPOCC(C)C(C)COp1ooc2ccccc2o1. The quantitative estimate of drug-likeness (QED) is 0.179. The summed E-state index contributed by atoms with van der Waals surface area (Å²) >= 11 is 0. The Labute approximate surface area is 170 Å². The maximum absolute atomic E-state index is 5.74. The summed E-state index contributed by atoms with van der Waals surface area (Å²) in [6.07, 6.45) is 4.91. The number of para-hydroxylation sites is 2. The Balaban J connectivity index is 1.63. The predicted octanol–water partition coefficient (Wildman–Crippen LogP) is 7.19. The van der Waals surface area contributed by atoms with Crippen LogP contribution in [0.2, 0.25) is 0 Å². The average molecular weight is 432 g/mol. The number of unbranched alkanes of at least 4 members (excludes halogenated alkanes) is 1. The Morgan fingerprint density at radius 2 is 1.71 bits per heavy atom. The highest BCUT2D eigenvalue weighted by atomic mass is 31.1. The van der Waals surface area contributed by atoms with Crippen molar-refractivity contribution < 1.29 is 26.7 Å². The smallest absolute Gasteiger partial charge is 0.393 e. The molecule has 1 aromatic heterocycles. The maximum atomic E-state index is 5.74. The molecule has 2 aromatic rings. The number of hydrogen-bond acceptors (Lipinski definition) is 6. The van der Waals surface area contributed by atoms with Crippen LogP contribution in [-0.2, 0) is 9.05 Å². The van der Waals surface area contributed by atoms with Gasteiger partial charge in [-0.15, -0.1) is 0 Å². The van der Waals surface area contributed by atoms with Crippen LogP contribution in [0.25, 0.3) is 11.2 Å². The molecular formula is C20H34O6P2. The minimum atomic E-state index is -1.53. The molecule has 1 aromatic carbocycles. The van der Waals surface area contributed by atoms with Crippen LogP contribution in [0.3, 0.4) is 0 Å². The normalized spacial score (nSPS) is 15.9. The Morgan fingerprint density at radius 3 is 2.46 bits per heavy atom. The zero-order chi connectivity index (χ0) is 20.2. The maximum Gasteiger partial charge on any atom is 0.428 e. The summed E-state index contributed by atoms with van der Waals surface area (Å²) < 4.78 is 33.3. The molecule has 0 aliphatic carbocycles. The number of fused-ring (bicyclic) bond motifs is 1. The van der Waals surface area contributed by atoms with Gasteiger partial charge in [0, 0.05) is 0 Å². The van der Waals surface area contributed by atoms with Crippen LogP contribution in [0.4, 0.5) is 0 Å². The third kappa shape index (κ3) is 8.31. The summed E-state index contributed by atoms with van der Waals surface area (Å²) in [5.74, 6) is 1.28. The molecule has 5 unspecified atom stereocenters. The molecule has 0 fully saturated rings. The second-order valence-corrected chi connectivity index (χ2v) is 9.07. The van der Waals surface area contributed by atoms with Gasteiger partial charge in [0.2, 0.25) is 5.58 Å². The van der Waals surface area contributed by atoms with E-state index in [2.05, 4.69) is 27.7 Å². The third-order valence-electron chi connectivity index (χ3n) is 4.95. The van der Waals surface area contributed by atoms with E-state index in [0.29, 0.717) is 42.1 Å². The molecule has 0 saturated heterocycles. The Kier molecular flexibility index (Phi) is 11.3. The monoisotopic (exact) mass is 432 g/mol. The highest BCUT2D eigenvalue weighted by Crippen LogP contribution is 2.30. The van der Waals surface area contributed by atoms with Crippen molar-refractivity contribution in [3.63, 3.8) is 0 Å². The van der Waals surface area contributed by atoms with E-state index in [-0.39, 0.29) is 9.03 Å². The fourth-order valence-electron chi connectivity index (χ4n) is 2.57. The van der Waals surface area contributed by atoms with Crippen molar-refractivity contribution in [2.75, 3.05) is 19.8 Å². The van der Waals surface area contributed by atoms with Crippen LogP contribution in [0.15, 0.2) is 37.4 Å². The second kappa shape index (κ2) is 13.5. The molecule has 160 valence electrons. The van der Waals surface area contributed by atoms with Crippen molar-refractivity contribution in [2.24, 2.45) is 17.8 Å².